The van der Waals surface area contributed by atoms with Crippen molar-refractivity contribution in [1.82, 2.24) is 4.90 Å². The molecule has 4 nitrogen and oxygen atoms in total. The van der Waals surface area contributed by atoms with Crippen LogP contribution in [0.15, 0.2) is 24.3 Å². The molecule has 112 valence electrons. The van der Waals surface area contributed by atoms with E-state index in [-0.39, 0.29) is 11.8 Å². The summed E-state index contributed by atoms with van der Waals surface area (Å²) in [5, 5.41) is 9.52. The molecule has 4 heteroatoms. The van der Waals surface area contributed by atoms with Crippen LogP contribution < -0.4 is 0 Å². The van der Waals surface area contributed by atoms with Gasteiger partial charge in [0, 0.05) is 13.1 Å². The second-order valence-corrected chi connectivity index (χ2v) is 6.30. The molecule has 1 aromatic rings. The number of fused-ring (bicyclic) bond motifs is 1. The zero-order valence-corrected chi connectivity index (χ0v) is 12.3. The lowest BCUT2D eigenvalue weighted by atomic mass is 9.76. The number of carboxylic acids is 1. The summed E-state index contributed by atoms with van der Waals surface area (Å²) in [7, 11) is 0. The number of aliphatic carboxylic acids is 1. The fourth-order valence-electron chi connectivity index (χ4n) is 3.72. The summed E-state index contributed by atoms with van der Waals surface area (Å²) in [6.07, 6.45) is 2.85. The van der Waals surface area contributed by atoms with Crippen molar-refractivity contribution in [3.05, 3.63) is 35.4 Å². The van der Waals surface area contributed by atoms with Crippen LogP contribution in [0.3, 0.4) is 0 Å². The first kappa shape index (κ1) is 14.1. The molecule has 2 aliphatic rings. The van der Waals surface area contributed by atoms with E-state index in [9.17, 15) is 14.7 Å². The Morgan fingerprint density at radius 2 is 2.14 bits per heavy atom. The molecule has 1 amide bonds. The molecule has 21 heavy (non-hydrogen) atoms. The van der Waals surface area contributed by atoms with Crippen LogP contribution in [0, 0.1) is 5.41 Å². The van der Waals surface area contributed by atoms with Crippen molar-refractivity contribution < 1.29 is 14.7 Å². The topological polar surface area (TPSA) is 57.6 Å². The predicted octanol–water partition coefficient (Wildman–Crippen LogP) is 2.43. The Kier molecular flexibility index (Phi) is 3.47. The Morgan fingerprint density at radius 3 is 2.81 bits per heavy atom. The third-order valence-electron chi connectivity index (χ3n) is 5.00. The first-order chi connectivity index (χ1) is 10.1. The zero-order chi connectivity index (χ0) is 15.0. The van der Waals surface area contributed by atoms with Crippen molar-refractivity contribution in [3.63, 3.8) is 0 Å². The highest BCUT2D eigenvalue weighted by atomic mass is 16.4. The van der Waals surface area contributed by atoms with Gasteiger partial charge in [-0.1, -0.05) is 37.6 Å². The number of carbonyl (C=O) groups excluding carboxylic acids is 1. The van der Waals surface area contributed by atoms with Crippen molar-refractivity contribution in [2.45, 2.75) is 38.5 Å². The molecule has 0 saturated carbocycles. The van der Waals surface area contributed by atoms with Crippen LogP contribution in [-0.2, 0) is 16.0 Å². The van der Waals surface area contributed by atoms with E-state index in [4.69, 9.17) is 0 Å². The maximum atomic E-state index is 12.6. The normalized spacial score (nSPS) is 27.1. The number of hydrogen-bond donors (Lipinski definition) is 1. The van der Waals surface area contributed by atoms with Gasteiger partial charge in [-0.15, -0.1) is 0 Å². The van der Waals surface area contributed by atoms with E-state index in [2.05, 4.69) is 6.07 Å². The number of benzene rings is 1. The second kappa shape index (κ2) is 5.17. The maximum Gasteiger partial charge on any atom is 0.311 e. The number of likely N-dealkylation sites (tertiary alicyclic amines) is 1. The average Bonchev–Trinajstić information content (AvgIpc) is 2.86. The highest BCUT2D eigenvalue weighted by Gasteiger charge is 2.47. The van der Waals surface area contributed by atoms with Gasteiger partial charge in [-0.05, 0) is 30.4 Å². The van der Waals surface area contributed by atoms with Crippen LogP contribution in [0.5, 0.6) is 0 Å². The molecular weight excluding hydrogens is 266 g/mol. The smallest absolute Gasteiger partial charge is 0.311 e. The SMILES string of the molecule is CCCC1(C(=O)O)CCN(C(=O)C2Cc3ccccc32)C1. The van der Waals surface area contributed by atoms with E-state index in [1.165, 1.54) is 5.56 Å². The molecule has 1 aromatic carbocycles. The van der Waals surface area contributed by atoms with Gasteiger partial charge in [-0.25, -0.2) is 0 Å². The summed E-state index contributed by atoms with van der Waals surface area (Å²) in [6.45, 7) is 2.94. The van der Waals surface area contributed by atoms with Crippen LogP contribution in [0.2, 0.25) is 0 Å². The molecule has 0 spiro atoms. The van der Waals surface area contributed by atoms with Gasteiger partial charge in [0.2, 0.25) is 5.91 Å². The van der Waals surface area contributed by atoms with Gasteiger partial charge in [-0.2, -0.15) is 0 Å². The Balaban J connectivity index is 1.72. The number of hydrogen-bond acceptors (Lipinski definition) is 2. The standard InChI is InChI=1S/C17H21NO3/c1-2-7-17(16(20)21)8-9-18(11-17)15(19)14-10-12-5-3-4-6-13(12)14/h3-6,14H,2,7-11H2,1H3,(H,20,21). The molecule has 1 fully saturated rings. The number of nitrogens with zero attached hydrogens (tertiary/aromatic N) is 1. The summed E-state index contributed by atoms with van der Waals surface area (Å²) in [5.74, 6) is -0.714. The van der Waals surface area contributed by atoms with Crippen molar-refractivity contribution in [3.8, 4) is 0 Å². The molecular formula is C17H21NO3. The monoisotopic (exact) mass is 287 g/mol. The molecule has 0 radical (unpaired) electrons. The summed E-state index contributed by atoms with van der Waals surface area (Å²) < 4.78 is 0. The van der Waals surface area contributed by atoms with Crippen LogP contribution >= 0.6 is 0 Å². The van der Waals surface area contributed by atoms with E-state index in [1.807, 2.05) is 25.1 Å². The van der Waals surface area contributed by atoms with Gasteiger partial charge < -0.3 is 10.0 Å². The summed E-state index contributed by atoms with van der Waals surface area (Å²) in [5.41, 5.74) is 1.63. The fourth-order valence-corrected chi connectivity index (χ4v) is 3.72. The third kappa shape index (κ3) is 2.23. The quantitative estimate of drug-likeness (QED) is 0.925. The minimum absolute atomic E-state index is 0.0626. The molecule has 1 heterocycles. The summed E-state index contributed by atoms with van der Waals surface area (Å²) >= 11 is 0. The molecule has 3 rings (SSSR count). The first-order valence-electron chi connectivity index (χ1n) is 7.67. The highest BCUT2D eigenvalue weighted by Crippen LogP contribution is 2.40. The van der Waals surface area contributed by atoms with Crippen molar-refractivity contribution >= 4 is 11.9 Å². The molecule has 2 unspecified atom stereocenters. The summed E-state index contributed by atoms with van der Waals surface area (Å²) in [6, 6.07) is 8.02. The zero-order valence-electron chi connectivity index (χ0n) is 12.3. The molecule has 1 aliphatic heterocycles. The van der Waals surface area contributed by atoms with E-state index in [0.717, 1.165) is 18.4 Å². The highest BCUT2D eigenvalue weighted by molar-refractivity contribution is 5.88. The predicted molar refractivity (Wildman–Crippen MR) is 79.1 cm³/mol. The van der Waals surface area contributed by atoms with Gasteiger partial charge in [0.25, 0.3) is 0 Å². The van der Waals surface area contributed by atoms with E-state index < -0.39 is 11.4 Å². The maximum absolute atomic E-state index is 12.6. The number of amides is 1. The van der Waals surface area contributed by atoms with Crippen LogP contribution in [0.1, 0.15) is 43.2 Å². The first-order valence-corrected chi connectivity index (χ1v) is 7.67. The number of carbonyl (C=O) groups is 2. The van der Waals surface area contributed by atoms with Gasteiger partial charge in [0.15, 0.2) is 0 Å². The van der Waals surface area contributed by atoms with Gasteiger partial charge in [0.1, 0.15) is 0 Å². The summed E-state index contributed by atoms with van der Waals surface area (Å²) in [4.78, 5) is 26.0. The minimum atomic E-state index is -0.756. The fraction of sp³-hybridized carbons (Fsp3) is 0.529. The lowest BCUT2D eigenvalue weighted by Gasteiger charge is -2.33. The second-order valence-electron chi connectivity index (χ2n) is 6.30. The Hall–Kier alpha value is -1.84. The minimum Gasteiger partial charge on any atom is -0.481 e. The molecule has 0 bridgehead atoms. The van der Waals surface area contributed by atoms with Crippen molar-refractivity contribution in [2.75, 3.05) is 13.1 Å². The van der Waals surface area contributed by atoms with Crippen LogP contribution in [-0.4, -0.2) is 35.0 Å². The largest absolute Gasteiger partial charge is 0.481 e. The molecule has 1 N–H and O–H groups in total. The third-order valence-corrected chi connectivity index (χ3v) is 5.00. The van der Waals surface area contributed by atoms with Crippen molar-refractivity contribution in [1.29, 1.82) is 0 Å². The van der Waals surface area contributed by atoms with Crippen LogP contribution in [0.4, 0.5) is 0 Å². The Morgan fingerprint density at radius 1 is 1.38 bits per heavy atom. The Bertz CT molecular complexity index is 583. The van der Waals surface area contributed by atoms with Crippen LogP contribution in [0.25, 0.3) is 0 Å². The van der Waals surface area contributed by atoms with E-state index in [0.29, 0.717) is 25.9 Å². The molecule has 1 saturated heterocycles. The van der Waals surface area contributed by atoms with E-state index >= 15 is 0 Å². The number of carboxylic acid groups (broad SMARTS) is 1. The van der Waals surface area contributed by atoms with Gasteiger partial charge in [-0.3, -0.25) is 9.59 Å². The van der Waals surface area contributed by atoms with Gasteiger partial charge in [0.05, 0.1) is 11.3 Å². The molecule has 0 aromatic heterocycles. The lowest BCUT2D eigenvalue weighted by Crippen LogP contribution is -2.41. The molecule has 1 aliphatic carbocycles. The lowest BCUT2D eigenvalue weighted by molar-refractivity contribution is -0.149. The van der Waals surface area contributed by atoms with Gasteiger partial charge >= 0.3 is 5.97 Å². The number of rotatable bonds is 4. The molecule has 2 atom stereocenters. The van der Waals surface area contributed by atoms with E-state index in [1.54, 1.807) is 4.90 Å². The average molecular weight is 287 g/mol. The Labute approximate surface area is 124 Å². The van der Waals surface area contributed by atoms with Crippen molar-refractivity contribution in [2.24, 2.45) is 5.41 Å².